The lowest BCUT2D eigenvalue weighted by Gasteiger charge is -2.14. The number of benzene rings is 3. The van der Waals surface area contributed by atoms with Gasteiger partial charge in [0.05, 0.1) is 13.0 Å². The molecule has 1 atom stereocenters. The Labute approximate surface area is 202 Å². The molecular weight excluding hydrogens is 424 g/mol. The van der Waals surface area contributed by atoms with Gasteiger partial charge < -0.3 is 14.6 Å². The van der Waals surface area contributed by atoms with Crippen molar-refractivity contribution in [2.75, 3.05) is 6.61 Å². The molecule has 3 rings (SSSR count). The first-order chi connectivity index (χ1) is 16.5. The van der Waals surface area contributed by atoms with Crippen LogP contribution < -0.4 is 9.47 Å². The molecule has 178 valence electrons. The zero-order valence-corrected chi connectivity index (χ0v) is 20.3. The van der Waals surface area contributed by atoms with E-state index in [4.69, 9.17) is 14.6 Å². The number of carboxylic acid groups (broad SMARTS) is 1. The Balaban J connectivity index is 1.65. The quantitative estimate of drug-likeness (QED) is 0.225. The topological polar surface area (TPSA) is 55.8 Å². The van der Waals surface area contributed by atoms with Gasteiger partial charge in [-0.1, -0.05) is 73.5 Å². The number of hydrogen-bond acceptors (Lipinski definition) is 3. The van der Waals surface area contributed by atoms with Crippen LogP contribution in [0.25, 0.3) is 11.1 Å². The molecule has 0 aliphatic rings. The number of carboxylic acids is 1. The van der Waals surface area contributed by atoms with Crippen LogP contribution in [-0.2, 0) is 11.4 Å². The van der Waals surface area contributed by atoms with Crippen molar-refractivity contribution in [3.8, 4) is 22.6 Å². The summed E-state index contributed by atoms with van der Waals surface area (Å²) in [7, 11) is 0. The Morgan fingerprint density at radius 3 is 2.38 bits per heavy atom. The third-order valence-electron chi connectivity index (χ3n) is 5.69. The predicted molar refractivity (Wildman–Crippen MR) is 138 cm³/mol. The highest BCUT2D eigenvalue weighted by molar-refractivity contribution is 5.71. The van der Waals surface area contributed by atoms with Crippen molar-refractivity contribution in [2.45, 2.75) is 52.6 Å². The number of ether oxygens (including phenoxy) is 2. The fraction of sp³-hybridized carbons (Fsp3) is 0.300. The zero-order valence-electron chi connectivity index (χ0n) is 20.3. The number of aryl methyl sites for hydroxylation is 1. The minimum absolute atomic E-state index is 0.0726. The molecule has 3 aromatic rings. The van der Waals surface area contributed by atoms with E-state index >= 15 is 0 Å². The van der Waals surface area contributed by atoms with Crippen molar-refractivity contribution in [1.82, 2.24) is 0 Å². The van der Waals surface area contributed by atoms with E-state index in [0.29, 0.717) is 6.61 Å². The van der Waals surface area contributed by atoms with Gasteiger partial charge in [-0.3, -0.25) is 4.79 Å². The lowest BCUT2D eigenvalue weighted by Crippen LogP contribution is -2.04. The molecule has 0 fully saturated rings. The highest BCUT2D eigenvalue weighted by Gasteiger charge is 2.12. The molecule has 3 aromatic carbocycles. The van der Waals surface area contributed by atoms with Gasteiger partial charge in [0.25, 0.3) is 0 Å². The summed E-state index contributed by atoms with van der Waals surface area (Å²) in [5, 5.41) is 9.14. The normalized spacial score (nSPS) is 12.0. The number of hydrogen-bond donors (Lipinski definition) is 1. The monoisotopic (exact) mass is 458 g/mol. The van der Waals surface area contributed by atoms with Crippen molar-refractivity contribution in [3.05, 3.63) is 95.6 Å². The largest absolute Gasteiger partial charge is 0.493 e. The summed E-state index contributed by atoms with van der Waals surface area (Å²) in [5.41, 5.74) is 5.47. The van der Waals surface area contributed by atoms with Gasteiger partial charge in [0.15, 0.2) is 0 Å². The van der Waals surface area contributed by atoms with Crippen LogP contribution >= 0.6 is 0 Å². The van der Waals surface area contributed by atoms with Gasteiger partial charge in [0.1, 0.15) is 18.1 Å². The molecule has 34 heavy (non-hydrogen) atoms. The maximum absolute atomic E-state index is 11.1. The second-order valence-corrected chi connectivity index (χ2v) is 8.49. The summed E-state index contributed by atoms with van der Waals surface area (Å²) in [6, 6.07) is 22.3. The molecule has 0 saturated heterocycles. The van der Waals surface area contributed by atoms with Crippen molar-refractivity contribution >= 4 is 5.97 Å². The maximum Gasteiger partial charge on any atom is 0.304 e. The summed E-state index contributed by atoms with van der Waals surface area (Å²) in [6.45, 7) is 7.34. The number of rotatable bonds is 12. The molecule has 0 heterocycles. The Morgan fingerprint density at radius 2 is 1.74 bits per heavy atom. The first kappa shape index (κ1) is 25.1. The summed E-state index contributed by atoms with van der Waals surface area (Å²) in [5.74, 6) is 0.730. The molecule has 4 nitrogen and oxygen atoms in total. The summed E-state index contributed by atoms with van der Waals surface area (Å²) in [4.78, 5) is 11.1. The molecule has 0 spiro atoms. The van der Waals surface area contributed by atoms with Gasteiger partial charge in [-0.05, 0) is 61.2 Å². The molecule has 1 N–H and O–H groups in total. The molecule has 0 bridgehead atoms. The van der Waals surface area contributed by atoms with Crippen LogP contribution in [0.4, 0.5) is 0 Å². The fourth-order valence-electron chi connectivity index (χ4n) is 3.80. The molecule has 0 radical (unpaired) electrons. The van der Waals surface area contributed by atoms with E-state index in [1.54, 1.807) is 0 Å². The van der Waals surface area contributed by atoms with Crippen molar-refractivity contribution in [2.24, 2.45) is 0 Å². The molecule has 0 amide bonds. The zero-order chi connectivity index (χ0) is 24.3. The lowest BCUT2D eigenvalue weighted by atomic mass is 9.95. The average Bonchev–Trinajstić information content (AvgIpc) is 2.84. The first-order valence-electron chi connectivity index (χ1n) is 11.9. The van der Waals surface area contributed by atoms with Crippen LogP contribution in [-0.4, -0.2) is 17.7 Å². The SMILES string of the molecule is CC=C[C@@H](CC(=O)O)c1ccc(OCc2ccc(-c3cc(C)ccc3OCCCC)cc2)cc1. The van der Waals surface area contributed by atoms with E-state index in [1.165, 1.54) is 5.56 Å². The second-order valence-electron chi connectivity index (χ2n) is 8.49. The molecule has 0 aliphatic heterocycles. The van der Waals surface area contributed by atoms with E-state index in [0.717, 1.165) is 53.2 Å². The number of aliphatic carboxylic acids is 1. The minimum atomic E-state index is -0.808. The second kappa shape index (κ2) is 12.6. The lowest BCUT2D eigenvalue weighted by molar-refractivity contribution is -0.137. The van der Waals surface area contributed by atoms with Crippen LogP contribution in [0, 0.1) is 6.92 Å². The standard InChI is InChI=1S/C30H34O4/c1-4-6-18-33-29-17-8-22(3)19-28(29)25-11-9-23(10-12-25)21-34-27-15-13-24(14-16-27)26(7-5-2)20-30(31)32/h5,7-17,19,26H,4,6,18,20-21H2,1-3H3,(H,31,32)/t26-/m0/s1. The first-order valence-corrected chi connectivity index (χ1v) is 11.9. The van der Waals surface area contributed by atoms with Crippen LogP contribution in [0.15, 0.2) is 78.9 Å². The van der Waals surface area contributed by atoms with Crippen LogP contribution in [0.5, 0.6) is 11.5 Å². The maximum atomic E-state index is 11.1. The van der Waals surface area contributed by atoms with E-state index in [-0.39, 0.29) is 12.3 Å². The van der Waals surface area contributed by atoms with Crippen molar-refractivity contribution in [1.29, 1.82) is 0 Å². The third kappa shape index (κ3) is 7.24. The number of unbranched alkanes of at least 4 members (excludes halogenated alkanes) is 1. The molecule has 0 unspecified atom stereocenters. The Kier molecular flexibility index (Phi) is 9.33. The highest BCUT2D eigenvalue weighted by Crippen LogP contribution is 2.32. The molecule has 0 aliphatic carbocycles. The van der Waals surface area contributed by atoms with E-state index < -0.39 is 5.97 Å². The third-order valence-corrected chi connectivity index (χ3v) is 5.69. The van der Waals surface area contributed by atoms with Crippen LogP contribution in [0.3, 0.4) is 0 Å². The van der Waals surface area contributed by atoms with E-state index in [2.05, 4.69) is 56.3 Å². The molecule has 4 heteroatoms. The number of carbonyl (C=O) groups is 1. The Hall–Kier alpha value is -3.53. The summed E-state index contributed by atoms with van der Waals surface area (Å²) in [6.07, 6.45) is 6.03. The summed E-state index contributed by atoms with van der Waals surface area (Å²) < 4.78 is 12.0. The number of allylic oxidation sites excluding steroid dienone is 2. The van der Waals surface area contributed by atoms with Crippen molar-refractivity contribution in [3.63, 3.8) is 0 Å². The molecule has 0 saturated carbocycles. The Morgan fingerprint density at radius 1 is 1.00 bits per heavy atom. The van der Waals surface area contributed by atoms with E-state index in [9.17, 15) is 4.79 Å². The average molecular weight is 459 g/mol. The highest BCUT2D eigenvalue weighted by atomic mass is 16.5. The minimum Gasteiger partial charge on any atom is -0.493 e. The smallest absolute Gasteiger partial charge is 0.304 e. The van der Waals surface area contributed by atoms with Crippen LogP contribution in [0.2, 0.25) is 0 Å². The van der Waals surface area contributed by atoms with Gasteiger partial charge in [-0.2, -0.15) is 0 Å². The molecular formula is C30H34O4. The van der Waals surface area contributed by atoms with Gasteiger partial charge in [-0.25, -0.2) is 0 Å². The van der Waals surface area contributed by atoms with Gasteiger partial charge in [0.2, 0.25) is 0 Å². The summed E-state index contributed by atoms with van der Waals surface area (Å²) >= 11 is 0. The predicted octanol–water partition coefficient (Wildman–Crippen LogP) is 7.55. The van der Waals surface area contributed by atoms with Gasteiger partial charge in [-0.15, -0.1) is 0 Å². The fourth-order valence-corrected chi connectivity index (χ4v) is 3.80. The van der Waals surface area contributed by atoms with Crippen LogP contribution in [0.1, 0.15) is 55.7 Å². The van der Waals surface area contributed by atoms with Gasteiger partial charge in [0, 0.05) is 11.5 Å². The van der Waals surface area contributed by atoms with Gasteiger partial charge >= 0.3 is 5.97 Å². The van der Waals surface area contributed by atoms with Crippen molar-refractivity contribution < 1.29 is 19.4 Å². The molecule has 0 aromatic heterocycles. The van der Waals surface area contributed by atoms with E-state index in [1.807, 2.05) is 43.3 Å². The Bertz CT molecular complexity index is 1080.